The predicted molar refractivity (Wildman–Crippen MR) is 118 cm³/mol. The molecular weight excluding hydrogens is 394 g/mol. The molecule has 0 atom stereocenters. The van der Waals surface area contributed by atoms with E-state index in [0.717, 1.165) is 19.5 Å². The summed E-state index contributed by atoms with van der Waals surface area (Å²) in [5.74, 6) is 0.588. The summed E-state index contributed by atoms with van der Waals surface area (Å²) >= 11 is 0. The summed E-state index contributed by atoms with van der Waals surface area (Å²) in [6.45, 7) is 3.21. The zero-order valence-corrected chi connectivity index (χ0v) is 16.9. The lowest BCUT2D eigenvalue weighted by atomic mass is 10.0. The molecule has 154 valence electrons. The molecule has 1 aliphatic heterocycles. The molecule has 0 amide bonds. The molecule has 2 aromatic heterocycles. The standard InChI is InChI=1S/C23H19N5O3/c1-15-6-7-18(12-21(15)28(30)31)27-11-9-20-19(22(27)29)13-24-23(25-20)26-10-8-16-4-2-3-5-17(16)14-26/h2-7,9,11-13H,8,10,14H2,1H3. The molecular formula is C23H19N5O3. The summed E-state index contributed by atoms with van der Waals surface area (Å²) in [4.78, 5) is 35.0. The van der Waals surface area contributed by atoms with E-state index >= 15 is 0 Å². The highest BCUT2D eigenvalue weighted by Gasteiger charge is 2.19. The Bertz CT molecular complexity index is 1400. The minimum Gasteiger partial charge on any atom is -0.336 e. The normalized spacial score (nSPS) is 13.3. The van der Waals surface area contributed by atoms with Crippen LogP contribution in [0.4, 0.5) is 11.6 Å². The van der Waals surface area contributed by atoms with E-state index in [2.05, 4.69) is 33.1 Å². The Morgan fingerprint density at radius 2 is 1.90 bits per heavy atom. The SMILES string of the molecule is Cc1ccc(-n2ccc3nc(N4CCc5ccccc5C4)ncc3c2=O)cc1[N+](=O)[O-]. The summed E-state index contributed by atoms with van der Waals surface area (Å²) in [7, 11) is 0. The number of aromatic nitrogens is 3. The number of nitrogens with zero attached hydrogens (tertiary/aromatic N) is 5. The van der Waals surface area contributed by atoms with E-state index in [4.69, 9.17) is 0 Å². The van der Waals surface area contributed by atoms with Gasteiger partial charge in [0.1, 0.15) is 0 Å². The van der Waals surface area contributed by atoms with Gasteiger partial charge in [-0.2, -0.15) is 0 Å². The number of nitro benzene ring substituents is 1. The van der Waals surface area contributed by atoms with Crippen molar-refractivity contribution in [3.8, 4) is 5.69 Å². The third kappa shape index (κ3) is 3.31. The summed E-state index contributed by atoms with van der Waals surface area (Å²) in [5.41, 5.74) is 3.78. The van der Waals surface area contributed by atoms with Crippen molar-refractivity contribution in [3.63, 3.8) is 0 Å². The van der Waals surface area contributed by atoms with E-state index in [0.29, 0.717) is 28.1 Å². The third-order valence-electron chi connectivity index (χ3n) is 5.72. The minimum absolute atomic E-state index is 0.0264. The molecule has 3 heterocycles. The highest BCUT2D eigenvalue weighted by atomic mass is 16.6. The minimum atomic E-state index is -0.447. The first-order valence-corrected chi connectivity index (χ1v) is 9.97. The molecule has 1 aliphatic rings. The van der Waals surface area contributed by atoms with E-state index in [1.54, 1.807) is 37.5 Å². The van der Waals surface area contributed by atoms with Crippen LogP contribution in [0.1, 0.15) is 16.7 Å². The number of fused-ring (bicyclic) bond motifs is 2. The van der Waals surface area contributed by atoms with Crippen LogP contribution >= 0.6 is 0 Å². The largest absolute Gasteiger partial charge is 0.336 e. The van der Waals surface area contributed by atoms with Crippen molar-refractivity contribution < 1.29 is 4.92 Å². The molecule has 0 unspecified atom stereocenters. The van der Waals surface area contributed by atoms with Crippen LogP contribution in [0.2, 0.25) is 0 Å². The second-order valence-corrected chi connectivity index (χ2v) is 7.63. The Morgan fingerprint density at radius 1 is 1.10 bits per heavy atom. The second-order valence-electron chi connectivity index (χ2n) is 7.63. The zero-order chi connectivity index (χ0) is 21.5. The lowest BCUT2D eigenvalue weighted by Crippen LogP contribution is -2.31. The molecule has 0 saturated heterocycles. The predicted octanol–water partition coefficient (Wildman–Crippen LogP) is 3.56. The first kappa shape index (κ1) is 18.9. The van der Waals surface area contributed by atoms with Gasteiger partial charge in [0.25, 0.3) is 11.2 Å². The lowest BCUT2D eigenvalue weighted by molar-refractivity contribution is -0.385. The number of pyridine rings is 1. The fourth-order valence-corrected chi connectivity index (χ4v) is 3.99. The van der Waals surface area contributed by atoms with Crippen molar-refractivity contribution in [1.82, 2.24) is 14.5 Å². The fraction of sp³-hybridized carbons (Fsp3) is 0.174. The van der Waals surface area contributed by atoms with Crippen molar-refractivity contribution in [2.24, 2.45) is 0 Å². The average molecular weight is 413 g/mol. The molecule has 0 spiro atoms. The Morgan fingerprint density at radius 3 is 2.71 bits per heavy atom. The molecule has 31 heavy (non-hydrogen) atoms. The maximum absolute atomic E-state index is 13.0. The van der Waals surface area contributed by atoms with Crippen LogP contribution in [0.25, 0.3) is 16.6 Å². The number of aryl methyl sites for hydroxylation is 1. The first-order valence-electron chi connectivity index (χ1n) is 9.97. The molecule has 0 aliphatic carbocycles. The van der Waals surface area contributed by atoms with Crippen molar-refractivity contribution in [2.45, 2.75) is 19.9 Å². The maximum atomic E-state index is 13.0. The number of hydrogen-bond donors (Lipinski definition) is 0. The van der Waals surface area contributed by atoms with Gasteiger partial charge in [-0.15, -0.1) is 0 Å². The fourth-order valence-electron chi connectivity index (χ4n) is 3.99. The van der Waals surface area contributed by atoms with Gasteiger partial charge >= 0.3 is 0 Å². The maximum Gasteiger partial charge on any atom is 0.274 e. The van der Waals surface area contributed by atoms with Gasteiger partial charge in [-0.25, -0.2) is 9.97 Å². The molecule has 0 radical (unpaired) electrons. The van der Waals surface area contributed by atoms with Gasteiger partial charge in [0.05, 0.1) is 21.5 Å². The number of nitro groups is 1. The molecule has 5 rings (SSSR count). The summed E-state index contributed by atoms with van der Waals surface area (Å²) < 4.78 is 1.38. The first-order chi connectivity index (χ1) is 15.0. The smallest absolute Gasteiger partial charge is 0.274 e. The van der Waals surface area contributed by atoms with Crippen molar-refractivity contribution in [3.05, 3.63) is 98.1 Å². The van der Waals surface area contributed by atoms with Crippen molar-refractivity contribution in [2.75, 3.05) is 11.4 Å². The molecule has 0 fully saturated rings. The van der Waals surface area contributed by atoms with Gasteiger partial charge < -0.3 is 4.90 Å². The van der Waals surface area contributed by atoms with Crippen LogP contribution in [0.3, 0.4) is 0 Å². The molecule has 4 aromatic rings. The number of hydrogen-bond acceptors (Lipinski definition) is 6. The van der Waals surface area contributed by atoms with Crippen LogP contribution in [-0.2, 0) is 13.0 Å². The van der Waals surface area contributed by atoms with Gasteiger partial charge in [0.15, 0.2) is 0 Å². The number of benzene rings is 2. The van der Waals surface area contributed by atoms with Crippen LogP contribution in [0.5, 0.6) is 0 Å². The van der Waals surface area contributed by atoms with Gasteiger partial charge in [0.2, 0.25) is 5.95 Å². The monoisotopic (exact) mass is 413 g/mol. The Hall–Kier alpha value is -4.07. The topological polar surface area (TPSA) is 94.2 Å². The second kappa shape index (κ2) is 7.32. The summed E-state index contributed by atoms with van der Waals surface area (Å²) in [6.07, 6.45) is 4.06. The van der Waals surface area contributed by atoms with Crippen LogP contribution in [0, 0.1) is 17.0 Å². The van der Waals surface area contributed by atoms with Gasteiger partial charge in [-0.3, -0.25) is 19.5 Å². The van der Waals surface area contributed by atoms with Gasteiger partial charge in [-0.1, -0.05) is 30.3 Å². The lowest BCUT2D eigenvalue weighted by Gasteiger charge is -2.28. The highest BCUT2D eigenvalue weighted by Crippen LogP contribution is 2.24. The molecule has 8 nitrogen and oxygen atoms in total. The van der Waals surface area contributed by atoms with E-state index in [1.807, 2.05) is 6.07 Å². The number of anilines is 1. The van der Waals surface area contributed by atoms with Gasteiger partial charge in [-0.05, 0) is 36.6 Å². The van der Waals surface area contributed by atoms with E-state index in [9.17, 15) is 14.9 Å². The van der Waals surface area contributed by atoms with Crippen LogP contribution in [-0.4, -0.2) is 26.0 Å². The van der Waals surface area contributed by atoms with Gasteiger partial charge in [0, 0.05) is 37.1 Å². The van der Waals surface area contributed by atoms with Crippen molar-refractivity contribution in [1.29, 1.82) is 0 Å². The van der Waals surface area contributed by atoms with E-state index in [-0.39, 0.29) is 11.2 Å². The van der Waals surface area contributed by atoms with Crippen LogP contribution < -0.4 is 10.5 Å². The Labute approximate surface area is 177 Å². The third-order valence-corrected chi connectivity index (χ3v) is 5.72. The molecule has 2 aromatic carbocycles. The molecule has 0 bridgehead atoms. The summed E-state index contributed by atoms with van der Waals surface area (Å²) in [6, 6.07) is 14.8. The zero-order valence-electron chi connectivity index (χ0n) is 16.9. The molecule has 0 saturated carbocycles. The number of rotatable bonds is 3. The summed E-state index contributed by atoms with van der Waals surface area (Å²) in [5, 5.41) is 11.6. The molecule has 8 heteroatoms. The average Bonchev–Trinajstić information content (AvgIpc) is 2.79. The molecule has 0 N–H and O–H groups in total. The van der Waals surface area contributed by atoms with Crippen molar-refractivity contribution >= 4 is 22.5 Å². The Kier molecular flexibility index (Phi) is 4.47. The van der Waals surface area contributed by atoms with E-state index in [1.165, 1.54) is 21.8 Å². The van der Waals surface area contributed by atoms with Crippen LogP contribution in [0.15, 0.2) is 65.7 Å². The van der Waals surface area contributed by atoms with E-state index < -0.39 is 4.92 Å². The highest BCUT2D eigenvalue weighted by molar-refractivity contribution is 5.78. The Balaban J connectivity index is 1.52. The quantitative estimate of drug-likeness (QED) is 0.377.